The third-order valence-electron chi connectivity index (χ3n) is 6.16. The van der Waals surface area contributed by atoms with Crippen LogP contribution in [-0.2, 0) is 6.54 Å². The van der Waals surface area contributed by atoms with E-state index in [2.05, 4.69) is 72.2 Å². The Morgan fingerprint density at radius 1 is 1.06 bits per heavy atom. The predicted molar refractivity (Wildman–Crippen MR) is 134 cm³/mol. The number of hydrogen-bond donors (Lipinski definition) is 1. The summed E-state index contributed by atoms with van der Waals surface area (Å²) < 4.78 is 13.2. The van der Waals surface area contributed by atoms with Crippen molar-refractivity contribution in [3.05, 3.63) is 95.5 Å². The molecule has 0 spiro atoms. The first kappa shape index (κ1) is 22.1. The van der Waals surface area contributed by atoms with E-state index in [0.717, 1.165) is 54.8 Å². The molecular formula is C28H32FN3. The highest BCUT2D eigenvalue weighted by molar-refractivity contribution is 5.89. The molecule has 0 saturated carbocycles. The third kappa shape index (κ3) is 5.20. The highest BCUT2D eigenvalue weighted by Crippen LogP contribution is 2.25. The molecule has 1 atom stereocenters. The van der Waals surface area contributed by atoms with Gasteiger partial charge in [0, 0.05) is 43.6 Å². The van der Waals surface area contributed by atoms with Crippen molar-refractivity contribution in [3.8, 4) is 0 Å². The molecule has 3 aromatic carbocycles. The van der Waals surface area contributed by atoms with Crippen LogP contribution in [0.5, 0.6) is 0 Å². The van der Waals surface area contributed by atoms with Crippen molar-refractivity contribution in [3.63, 3.8) is 0 Å². The number of anilines is 1. The van der Waals surface area contributed by atoms with Crippen molar-refractivity contribution in [2.75, 3.05) is 25.4 Å². The molecule has 3 aromatic rings. The highest BCUT2D eigenvalue weighted by atomic mass is 19.1. The molecule has 4 heteroatoms. The minimum absolute atomic E-state index is 0.180. The molecule has 1 aliphatic rings. The van der Waals surface area contributed by atoms with Crippen molar-refractivity contribution < 1.29 is 4.39 Å². The van der Waals surface area contributed by atoms with Gasteiger partial charge < -0.3 is 10.6 Å². The molecule has 32 heavy (non-hydrogen) atoms. The van der Waals surface area contributed by atoms with Crippen molar-refractivity contribution >= 4 is 22.5 Å². The largest absolute Gasteiger partial charge is 0.398 e. The summed E-state index contributed by atoms with van der Waals surface area (Å²) in [6.45, 7) is 8.23. The van der Waals surface area contributed by atoms with Crippen molar-refractivity contribution in [2.45, 2.75) is 32.9 Å². The number of nitrogen functional groups attached to an aromatic ring is 1. The topological polar surface area (TPSA) is 32.5 Å². The van der Waals surface area contributed by atoms with Gasteiger partial charge in [-0.2, -0.15) is 0 Å². The van der Waals surface area contributed by atoms with Gasteiger partial charge in [0.15, 0.2) is 0 Å². The second-order valence-corrected chi connectivity index (χ2v) is 8.60. The van der Waals surface area contributed by atoms with E-state index >= 15 is 0 Å². The molecule has 1 saturated heterocycles. The molecule has 166 valence electrons. The quantitative estimate of drug-likeness (QED) is 0.381. The van der Waals surface area contributed by atoms with Gasteiger partial charge in [-0.25, -0.2) is 4.39 Å². The second-order valence-electron chi connectivity index (χ2n) is 8.60. The van der Waals surface area contributed by atoms with Crippen LogP contribution >= 0.6 is 0 Å². The fourth-order valence-corrected chi connectivity index (χ4v) is 4.49. The lowest BCUT2D eigenvalue weighted by Gasteiger charge is -2.42. The Balaban J connectivity index is 1.47. The molecular weight excluding hydrogens is 397 g/mol. The highest BCUT2D eigenvalue weighted by Gasteiger charge is 2.24. The molecule has 4 rings (SSSR count). The maximum Gasteiger partial charge on any atom is 0.123 e. The zero-order chi connectivity index (χ0) is 22.5. The molecule has 0 bridgehead atoms. The van der Waals surface area contributed by atoms with Crippen LogP contribution in [0.3, 0.4) is 0 Å². The first-order valence-electron chi connectivity index (χ1n) is 11.4. The number of allylic oxidation sites excluding steroid dienone is 2. The maximum absolute atomic E-state index is 13.2. The molecule has 0 aromatic heterocycles. The molecule has 0 unspecified atom stereocenters. The average Bonchev–Trinajstić information content (AvgIpc) is 2.78. The van der Waals surface area contributed by atoms with Gasteiger partial charge in [-0.3, -0.25) is 4.90 Å². The van der Waals surface area contributed by atoms with Gasteiger partial charge in [0.25, 0.3) is 0 Å². The zero-order valence-corrected chi connectivity index (χ0v) is 19.0. The minimum Gasteiger partial charge on any atom is -0.398 e. The Kier molecular flexibility index (Phi) is 6.91. The van der Waals surface area contributed by atoms with Crippen LogP contribution < -0.4 is 5.73 Å². The van der Waals surface area contributed by atoms with Gasteiger partial charge in [-0.05, 0) is 65.6 Å². The number of nitrogens with zero attached hydrogens (tertiary/aromatic N) is 2. The van der Waals surface area contributed by atoms with E-state index in [-0.39, 0.29) is 5.82 Å². The van der Waals surface area contributed by atoms with E-state index < -0.39 is 0 Å². The SMILES string of the molecule is CC/C=C(/C=C/c1cc2ccccc2cc1N)N1CCN(Cc2ccc(F)cc2)C[C@H]1C. The third-order valence-corrected chi connectivity index (χ3v) is 6.16. The minimum atomic E-state index is -0.180. The first-order chi connectivity index (χ1) is 15.5. The molecule has 0 amide bonds. The van der Waals surface area contributed by atoms with Crippen LogP contribution in [0.25, 0.3) is 16.8 Å². The van der Waals surface area contributed by atoms with E-state index in [9.17, 15) is 4.39 Å². The van der Waals surface area contributed by atoms with Gasteiger partial charge in [-0.1, -0.05) is 55.5 Å². The van der Waals surface area contributed by atoms with Gasteiger partial charge in [0.2, 0.25) is 0 Å². The number of rotatable bonds is 6. The maximum atomic E-state index is 13.2. The molecule has 0 radical (unpaired) electrons. The zero-order valence-electron chi connectivity index (χ0n) is 19.0. The lowest BCUT2D eigenvalue weighted by molar-refractivity contribution is 0.108. The van der Waals surface area contributed by atoms with Gasteiger partial charge in [0.1, 0.15) is 5.82 Å². The fourth-order valence-electron chi connectivity index (χ4n) is 4.49. The molecule has 0 aliphatic carbocycles. The summed E-state index contributed by atoms with van der Waals surface area (Å²) in [5.41, 5.74) is 10.6. The summed E-state index contributed by atoms with van der Waals surface area (Å²) >= 11 is 0. The van der Waals surface area contributed by atoms with Crippen LogP contribution in [0.1, 0.15) is 31.4 Å². The van der Waals surface area contributed by atoms with Crippen LogP contribution in [0.15, 0.2) is 78.5 Å². The van der Waals surface area contributed by atoms with Gasteiger partial charge >= 0.3 is 0 Å². The normalized spacial score (nSPS) is 18.0. The lowest BCUT2D eigenvalue weighted by atomic mass is 10.0. The lowest BCUT2D eigenvalue weighted by Crippen LogP contribution is -2.50. The number of hydrogen-bond acceptors (Lipinski definition) is 3. The molecule has 2 N–H and O–H groups in total. The first-order valence-corrected chi connectivity index (χ1v) is 11.4. The number of benzene rings is 3. The average molecular weight is 430 g/mol. The summed E-state index contributed by atoms with van der Waals surface area (Å²) in [7, 11) is 0. The Labute approximate surface area is 190 Å². The van der Waals surface area contributed by atoms with E-state index in [1.165, 1.54) is 11.1 Å². The summed E-state index contributed by atoms with van der Waals surface area (Å²) in [5, 5.41) is 2.36. The summed E-state index contributed by atoms with van der Waals surface area (Å²) in [6, 6.07) is 19.8. The Hall–Kier alpha value is -3.11. The summed E-state index contributed by atoms with van der Waals surface area (Å²) in [4.78, 5) is 4.93. The molecule has 1 aliphatic heterocycles. The Morgan fingerprint density at radius 2 is 1.78 bits per heavy atom. The number of nitrogens with two attached hydrogens (primary N) is 1. The summed E-state index contributed by atoms with van der Waals surface area (Å²) in [6.07, 6.45) is 7.62. The van der Waals surface area contributed by atoms with Crippen LogP contribution in [-0.4, -0.2) is 35.5 Å². The monoisotopic (exact) mass is 429 g/mol. The second kappa shape index (κ2) is 10.0. The Morgan fingerprint density at radius 3 is 2.47 bits per heavy atom. The fraction of sp³-hybridized carbons (Fsp3) is 0.286. The molecule has 3 nitrogen and oxygen atoms in total. The summed E-state index contributed by atoms with van der Waals surface area (Å²) in [5.74, 6) is -0.180. The predicted octanol–water partition coefficient (Wildman–Crippen LogP) is 6.07. The van der Waals surface area contributed by atoms with Crippen LogP contribution in [0, 0.1) is 5.82 Å². The van der Waals surface area contributed by atoms with Crippen molar-refractivity contribution in [1.82, 2.24) is 9.80 Å². The van der Waals surface area contributed by atoms with E-state index in [1.54, 1.807) is 12.1 Å². The van der Waals surface area contributed by atoms with Crippen LogP contribution in [0.4, 0.5) is 10.1 Å². The molecule has 1 fully saturated rings. The number of piperazine rings is 1. The van der Waals surface area contributed by atoms with E-state index in [1.807, 2.05) is 18.2 Å². The van der Waals surface area contributed by atoms with Gasteiger partial charge in [0.05, 0.1) is 0 Å². The van der Waals surface area contributed by atoms with E-state index in [0.29, 0.717) is 6.04 Å². The van der Waals surface area contributed by atoms with Crippen molar-refractivity contribution in [2.24, 2.45) is 0 Å². The Bertz CT molecular complexity index is 1120. The van der Waals surface area contributed by atoms with Crippen LogP contribution in [0.2, 0.25) is 0 Å². The number of fused-ring (bicyclic) bond motifs is 1. The number of halogens is 1. The van der Waals surface area contributed by atoms with E-state index in [4.69, 9.17) is 5.73 Å². The standard InChI is InChI=1S/C28H32FN3/c1-3-6-27(14-11-25-17-23-7-4-5-8-24(23)18-28(25)30)32-16-15-31(19-21(32)2)20-22-9-12-26(29)13-10-22/h4-14,17-18,21H,3,15-16,19-20,30H2,1-2H3/b14-11+,27-6-/t21-/m1/s1. The van der Waals surface area contributed by atoms with Gasteiger partial charge in [-0.15, -0.1) is 0 Å². The van der Waals surface area contributed by atoms with Crippen molar-refractivity contribution in [1.29, 1.82) is 0 Å². The smallest absolute Gasteiger partial charge is 0.123 e. The molecule has 1 heterocycles.